The van der Waals surface area contributed by atoms with Gasteiger partial charge in [-0.1, -0.05) is 11.6 Å². The van der Waals surface area contributed by atoms with Gasteiger partial charge in [-0.05, 0) is 18.2 Å². The first-order valence-electron chi connectivity index (χ1n) is 4.15. The van der Waals surface area contributed by atoms with Crippen molar-refractivity contribution in [1.29, 1.82) is 5.26 Å². The summed E-state index contributed by atoms with van der Waals surface area (Å²) < 4.78 is 5.12. The molecule has 0 fully saturated rings. The number of rotatable bonds is 3. The zero-order chi connectivity index (χ0) is 10.6. The minimum atomic E-state index is -0.353. The van der Waals surface area contributed by atoms with Gasteiger partial charge >= 0.3 is 0 Å². The minimum absolute atomic E-state index is 0. The Morgan fingerprint density at radius 2 is 2.27 bits per heavy atom. The number of ether oxygens (including phenoxy) is 1. The highest BCUT2D eigenvalue weighted by atomic mass is 35.5. The van der Waals surface area contributed by atoms with E-state index in [-0.39, 0.29) is 24.9 Å². The smallest absolute Gasteiger partial charge is 0.123 e. The minimum Gasteiger partial charge on any atom is -0.496 e. The normalized spacial score (nSPS) is 11.1. The van der Waals surface area contributed by atoms with Gasteiger partial charge in [0.25, 0.3) is 0 Å². The lowest BCUT2D eigenvalue weighted by Crippen LogP contribution is -2.10. The summed E-state index contributed by atoms with van der Waals surface area (Å²) in [5, 5.41) is 9.12. The van der Waals surface area contributed by atoms with E-state index in [2.05, 4.69) is 0 Å². The van der Waals surface area contributed by atoms with Gasteiger partial charge in [0.05, 0.1) is 19.6 Å². The average Bonchev–Trinajstić information content (AvgIpc) is 2.18. The second-order valence-electron chi connectivity index (χ2n) is 2.86. The Bertz CT molecular complexity index is 363. The van der Waals surface area contributed by atoms with Crippen molar-refractivity contribution in [2.45, 2.75) is 12.5 Å². The molecule has 0 aliphatic rings. The predicted molar refractivity (Wildman–Crippen MR) is 62.4 cm³/mol. The molecule has 1 aromatic carbocycles. The Balaban J connectivity index is 0.00000196. The molecule has 82 valence electrons. The molecule has 0 saturated carbocycles. The molecule has 0 bridgehead atoms. The third-order valence-electron chi connectivity index (χ3n) is 1.90. The van der Waals surface area contributed by atoms with Gasteiger partial charge in [-0.15, -0.1) is 12.4 Å². The third kappa shape index (κ3) is 3.60. The maximum atomic E-state index is 8.53. The van der Waals surface area contributed by atoms with E-state index in [9.17, 15) is 0 Å². The molecule has 0 aromatic heterocycles. The van der Waals surface area contributed by atoms with Gasteiger partial charge in [0, 0.05) is 16.6 Å². The molecule has 2 N–H and O–H groups in total. The predicted octanol–water partition coefficient (Wildman–Crippen LogP) is 2.68. The van der Waals surface area contributed by atoms with Crippen LogP contribution in [0.4, 0.5) is 0 Å². The molecule has 0 heterocycles. The molecule has 5 heteroatoms. The van der Waals surface area contributed by atoms with Crippen LogP contribution in [0.1, 0.15) is 18.0 Å². The van der Waals surface area contributed by atoms with E-state index in [1.54, 1.807) is 25.3 Å². The number of benzene rings is 1. The zero-order valence-corrected chi connectivity index (χ0v) is 9.81. The first-order chi connectivity index (χ1) is 6.69. The Labute approximate surface area is 100 Å². The lowest BCUT2D eigenvalue weighted by molar-refractivity contribution is 0.406. The summed E-state index contributed by atoms with van der Waals surface area (Å²) in [6, 6.07) is 6.85. The van der Waals surface area contributed by atoms with Gasteiger partial charge in [0.15, 0.2) is 0 Å². The van der Waals surface area contributed by atoms with Crippen LogP contribution >= 0.6 is 24.0 Å². The molecule has 0 spiro atoms. The molecule has 0 saturated heterocycles. The summed E-state index contributed by atoms with van der Waals surface area (Å²) in [7, 11) is 1.56. The van der Waals surface area contributed by atoms with Gasteiger partial charge in [0.2, 0.25) is 0 Å². The number of hydrogen-bond donors (Lipinski definition) is 1. The van der Waals surface area contributed by atoms with Crippen molar-refractivity contribution < 1.29 is 4.74 Å². The van der Waals surface area contributed by atoms with E-state index >= 15 is 0 Å². The molecule has 15 heavy (non-hydrogen) atoms. The van der Waals surface area contributed by atoms with Crippen molar-refractivity contribution in [2.24, 2.45) is 5.73 Å². The molecular weight excluding hydrogens is 235 g/mol. The fourth-order valence-electron chi connectivity index (χ4n) is 1.20. The van der Waals surface area contributed by atoms with Gasteiger partial charge in [0.1, 0.15) is 5.75 Å². The van der Waals surface area contributed by atoms with Crippen LogP contribution in [-0.2, 0) is 0 Å². The standard InChI is InChI=1S/C10H11ClN2O.ClH/c1-14-10-3-2-7(11)6-8(10)9(13)4-5-12;/h2-3,6,9H,4,13H2,1H3;1H/t9-;/m0./s1. The number of hydrogen-bond acceptors (Lipinski definition) is 3. The molecule has 3 nitrogen and oxygen atoms in total. The molecule has 0 aliphatic heterocycles. The van der Waals surface area contributed by atoms with E-state index in [0.717, 1.165) is 5.56 Å². The van der Waals surface area contributed by atoms with Crippen molar-refractivity contribution >= 4 is 24.0 Å². The van der Waals surface area contributed by atoms with Crippen LogP contribution in [0, 0.1) is 11.3 Å². The SMILES string of the molecule is COc1ccc(Cl)cc1[C@@H](N)CC#N.Cl. The van der Waals surface area contributed by atoms with Crippen LogP contribution < -0.4 is 10.5 Å². The van der Waals surface area contributed by atoms with Crippen LogP contribution in [0.5, 0.6) is 5.75 Å². The lowest BCUT2D eigenvalue weighted by Gasteiger charge is -2.13. The molecule has 0 radical (unpaired) electrons. The van der Waals surface area contributed by atoms with Crippen LogP contribution in [0.2, 0.25) is 5.02 Å². The molecule has 1 aromatic rings. The van der Waals surface area contributed by atoms with Crippen molar-refractivity contribution in [1.82, 2.24) is 0 Å². The molecule has 0 unspecified atom stereocenters. The summed E-state index contributed by atoms with van der Waals surface area (Å²) in [6.45, 7) is 0. The molecule has 0 aliphatic carbocycles. The first-order valence-corrected chi connectivity index (χ1v) is 4.52. The Morgan fingerprint density at radius 3 is 2.80 bits per heavy atom. The first kappa shape index (κ1) is 14.1. The van der Waals surface area contributed by atoms with Gasteiger partial charge in [-0.3, -0.25) is 0 Å². The summed E-state index contributed by atoms with van der Waals surface area (Å²) in [5.41, 5.74) is 6.55. The summed E-state index contributed by atoms with van der Waals surface area (Å²) in [5.74, 6) is 0.664. The number of methoxy groups -OCH3 is 1. The molecular formula is C10H12Cl2N2O. The fourth-order valence-corrected chi connectivity index (χ4v) is 1.38. The van der Waals surface area contributed by atoms with Gasteiger partial charge < -0.3 is 10.5 Å². The largest absolute Gasteiger partial charge is 0.496 e. The average molecular weight is 247 g/mol. The summed E-state index contributed by atoms with van der Waals surface area (Å²) in [6.07, 6.45) is 0.247. The quantitative estimate of drug-likeness (QED) is 0.893. The number of nitrogens with two attached hydrogens (primary N) is 1. The monoisotopic (exact) mass is 246 g/mol. The molecule has 1 atom stereocenters. The van der Waals surface area contributed by atoms with Gasteiger partial charge in [-0.2, -0.15) is 5.26 Å². The highest BCUT2D eigenvalue weighted by Crippen LogP contribution is 2.28. The number of nitrogens with zero attached hydrogens (tertiary/aromatic N) is 1. The van der Waals surface area contributed by atoms with Crippen LogP contribution in [0.3, 0.4) is 0 Å². The van der Waals surface area contributed by atoms with E-state index < -0.39 is 0 Å². The Morgan fingerprint density at radius 1 is 1.60 bits per heavy atom. The number of halogens is 2. The van der Waals surface area contributed by atoms with E-state index in [1.807, 2.05) is 6.07 Å². The van der Waals surface area contributed by atoms with Crippen LogP contribution in [0.25, 0.3) is 0 Å². The topological polar surface area (TPSA) is 59.0 Å². The highest BCUT2D eigenvalue weighted by Gasteiger charge is 2.11. The van der Waals surface area contributed by atoms with Crippen LogP contribution in [-0.4, -0.2) is 7.11 Å². The Hall–Kier alpha value is -0.950. The number of nitriles is 1. The Kier molecular flexibility index (Phi) is 6.11. The molecule has 1 rings (SSSR count). The zero-order valence-electron chi connectivity index (χ0n) is 8.24. The van der Waals surface area contributed by atoms with E-state index in [4.69, 9.17) is 27.3 Å². The highest BCUT2D eigenvalue weighted by molar-refractivity contribution is 6.30. The maximum absolute atomic E-state index is 8.53. The molecule has 0 amide bonds. The fraction of sp³-hybridized carbons (Fsp3) is 0.300. The maximum Gasteiger partial charge on any atom is 0.123 e. The van der Waals surface area contributed by atoms with Crippen LogP contribution in [0.15, 0.2) is 18.2 Å². The third-order valence-corrected chi connectivity index (χ3v) is 2.14. The van der Waals surface area contributed by atoms with Crippen molar-refractivity contribution in [2.75, 3.05) is 7.11 Å². The summed E-state index contributed by atoms with van der Waals surface area (Å²) in [4.78, 5) is 0. The summed E-state index contributed by atoms with van der Waals surface area (Å²) >= 11 is 5.82. The second kappa shape index (κ2) is 6.52. The second-order valence-corrected chi connectivity index (χ2v) is 3.29. The lowest BCUT2D eigenvalue weighted by atomic mass is 10.0. The van der Waals surface area contributed by atoms with Crippen molar-refractivity contribution in [3.8, 4) is 11.8 Å². The van der Waals surface area contributed by atoms with Crippen molar-refractivity contribution in [3.63, 3.8) is 0 Å². The van der Waals surface area contributed by atoms with E-state index in [1.165, 1.54) is 0 Å². The van der Waals surface area contributed by atoms with Crippen molar-refractivity contribution in [3.05, 3.63) is 28.8 Å². The van der Waals surface area contributed by atoms with E-state index in [0.29, 0.717) is 10.8 Å². The van der Waals surface area contributed by atoms with Gasteiger partial charge in [-0.25, -0.2) is 0 Å².